The zero-order valence-electron chi connectivity index (χ0n) is 11.4. The number of ether oxygens (including phenoxy) is 1. The molecular formula is C15H24ClNO. The van der Waals surface area contributed by atoms with Gasteiger partial charge in [-0.2, -0.15) is 0 Å². The predicted molar refractivity (Wildman–Crippen MR) is 78.9 cm³/mol. The molecule has 0 bridgehead atoms. The van der Waals surface area contributed by atoms with Crippen LogP contribution in [0.1, 0.15) is 30.4 Å². The molecule has 1 N–H and O–H groups in total. The first-order valence-electron chi connectivity index (χ1n) is 6.66. The lowest BCUT2D eigenvalue weighted by atomic mass is 9.97. The molecule has 1 atom stereocenters. The third-order valence-corrected chi connectivity index (χ3v) is 3.67. The molecule has 1 aliphatic heterocycles. The van der Waals surface area contributed by atoms with Gasteiger partial charge in [-0.3, -0.25) is 0 Å². The summed E-state index contributed by atoms with van der Waals surface area (Å²) in [4.78, 5) is 0. The predicted octanol–water partition coefficient (Wildman–Crippen LogP) is 3.49. The van der Waals surface area contributed by atoms with Gasteiger partial charge in [0.25, 0.3) is 0 Å². The summed E-state index contributed by atoms with van der Waals surface area (Å²) < 4.78 is 5.82. The molecule has 2 nitrogen and oxygen atoms in total. The van der Waals surface area contributed by atoms with E-state index in [0.29, 0.717) is 0 Å². The third-order valence-electron chi connectivity index (χ3n) is 3.67. The molecule has 102 valence electrons. The van der Waals surface area contributed by atoms with Gasteiger partial charge in [0, 0.05) is 0 Å². The number of rotatable bonds is 4. The molecule has 1 unspecified atom stereocenters. The second-order valence-corrected chi connectivity index (χ2v) is 5.10. The fourth-order valence-corrected chi connectivity index (χ4v) is 2.32. The van der Waals surface area contributed by atoms with Gasteiger partial charge in [0.1, 0.15) is 5.75 Å². The lowest BCUT2D eigenvalue weighted by molar-refractivity contribution is 0.254. The van der Waals surface area contributed by atoms with Crippen LogP contribution in [-0.4, -0.2) is 19.7 Å². The molecular weight excluding hydrogens is 246 g/mol. The number of benzene rings is 1. The van der Waals surface area contributed by atoms with Gasteiger partial charge >= 0.3 is 0 Å². The Morgan fingerprint density at radius 2 is 2.11 bits per heavy atom. The monoisotopic (exact) mass is 269 g/mol. The molecule has 0 saturated carbocycles. The minimum Gasteiger partial charge on any atom is -0.494 e. The Bertz CT molecular complexity index is 362. The summed E-state index contributed by atoms with van der Waals surface area (Å²) >= 11 is 0. The maximum Gasteiger partial charge on any atom is 0.119 e. The molecule has 2 rings (SSSR count). The van der Waals surface area contributed by atoms with Crippen LogP contribution in [0.25, 0.3) is 0 Å². The number of hydrogen-bond acceptors (Lipinski definition) is 2. The molecule has 0 aliphatic carbocycles. The van der Waals surface area contributed by atoms with E-state index in [0.717, 1.165) is 24.8 Å². The highest BCUT2D eigenvalue weighted by Gasteiger charge is 2.12. The largest absolute Gasteiger partial charge is 0.494 e. The number of hydrogen-bond donors (Lipinski definition) is 1. The smallest absolute Gasteiger partial charge is 0.119 e. The summed E-state index contributed by atoms with van der Waals surface area (Å²) in [6.07, 6.45) is 3.83. The number of aryl methyl sites for hydroxylation is 2. The van der Waals surface area contributed by atoms with E-state index >= 15 is 0 Å². The van der Waals surface area contributed by atoms with E-state index in [1.165, 1.54) is 36.9 Å². The summed E-state index contributed by atoms with van der Waals surface area (Å²) in [6, 6.07) is 6.34. The Hall–Kier alpha value is -0.730. The Balaban J connectivity index is 0.00000162. The number of halogens is 1. The van der Waals surface area contributed by atoms with Crippen molar-refractivity contribution < 1.29 is 4.74 Å². The number of piperidine rings is 1. The minimum absolute atomic E-state index is 0. The highest BCUT2D eigenvalue weighted by molar-refractivity contribution is 5.85. The van der Waals surface area contributed by atoms with Crippen molar-refractivity contribution in [3.63, 3.8) is 0 Å². The van der Waals surface area contributed by atoms with E-state index in [-0.39, 0.29) is 12.4 Å². The van der Waals surface area contributed by atoms with Crippen molar-refractivity contribution >= 4 is 12.4 Å². The van der Waals surface area contributed by atoms with Crippen molar-refractivity contribution in [2.45, 2.75) is 33.1 Å². The van der Waals surface area contributed by atoms with Crippen molar-refractivity contribution in [2.24, 2.45) is 5.92 Å². The molecule has 1 fully saturated rings. The second-order valence-electron chi connectivity index (χ2n) is 5.10. The maximum absolute atomic E-state index is 5.82. The molecule has 0 aromatic heterocycles. The van der Waals surface area contributed by atoms with Crippen LogP contribution < -0.4 is 10.1 Å². The van der Waals surface area contributed by atoms with Gasteiger partial charge in [-0.15, -0.1) is 12.4 Å². The molecule has 0 spiro atoms. The molecule has 1 aromatic rings. The zero-order chi connectivity index (χ0) is 12.1. The topological polar surface area (TPSA) is 21.3 Å². The van der Waals surface area contributed by atoms with Crippen LogP contribution in [0.15, 0.2) is 18.2 Å². The van der Waals surface area contributed by atoms with Gasteiger partial charge in [0.15, 0.2) is 0 Å². The van der Waals surface area contributed by atoms with E-state index in [2.05, 4.69) is 37.4 Å². The van der Waals surface area contributed by atoms with E-state index in [1.807, 2.05) is 0 Å². The normalized spacial score (nSPS) is 19.1. The molecule has 1 heterocycles. The van der Waals surface area contributed by atoms with Crippen molar-refractivity contribution in [3.8, 4) is 5.75 Å². The lowest BCUT2D eigenvalue weighted by Gasteiger charge is -2.22. The standard InChI is InChI=1S/C15H23NO.ClH/c1-12-5-6-15(10-13(12)2)17-9-7-14-4-3-8-16-11-14;/h5-6,10,14,16H,3-4,7-9,11H2,1-2H3;1H. The van der Waals surface area contributed by atoms with Crippen molar-refractivity contribution in [1.82, 2.24) is 5.32 Å². The Labute approximate surface area is 117 Å². The van der Waals surface area contributed by atoms with Crippen LogP contribution in [0.3, 0.4) is 0 Å². The second kappa shape index (κ2) is 7.65. The average molecular weight is 270 g/mol. The highest BCUT2D eigenvalue weighted by atomic mass is 35.5. The van der Waals surface area contributed by atoms with Crippen molar-refractivity contribution in [1.29, 1.82) is 0 Å². The van der Waals surface area contributed by atoms with E-state index in [9.17, 15) is 0 Å². The first kappa shape index (κ1) is 15.3. The molecule has 18 heavy (non-hydrogen) atoms. The van der Waals surface area contributed by atoms with Crippen LogP contribution in [0.2, 0.25) is 0 Å². The maximum atomic E-state index is 5.82. The van der Waals surface area contributed by atoms with Gasteiger partial charge in [-0.1, -0.05) is 6.07 Å². The van der Waals surface area contributed by atoms with Crippen LogP contribution in [-0.2, 0) is 0 Å². The summed E-state index contributed by atoms with van der Waals surface area (Å²) in [6.45, 7) is 7.46. The molecule has 1 aromatic carbocycles. The summed E-state index contributed by atoms with van der Waals surface area (Å²) in [5.74, 6) is 1.81. The third kappa shape index (κ3) is 4.51. The summed E-state index contributed by atoms with van der Waals surface area (Å²) in [7, 11) is 0. The summed E-state index contributed by atoms with van der Waals surface area (Å²) in [5.41, 5.74) is 2.63. The van der Waals surface area contributed by atoms with Gasteiger partial charge in [0.05, 0.1) is 6.61 Å². The van der Waals surface area contributed by atoms with Gasteiger partial charge in [-0.25, -0.2) is 0 Å². The molecule has 0 amide bonds. The fourth-order valence-electron chi connectivity index (χ4n) is 2.32. The van der Waals surface area contributed by atoms with Crippen LogP contribution >= 0.6 is 12.4 Å². The Morgan fingerprint density at radius 1 is 1.28 bits per heavy atom. The van der Waals surface area contributed by atoms with E-state index in [1.54, 1.807) is 0 Å². The SMILES string of the molecule is Cc1ccc(OCCC2CCCNC2)cc1C.Cl. The Morgan fingerprint density at radius 3 is 2.78 bits per heavy atom. The molecule has 3 heteroatoms. The van der Waals surface area contributed by atoms with E-state index < -0.39 is 0 Å². The zero-order valence-corrected chi connectivity index (χ0v) is 12.2. The number of nitrogens with one attached hydrogen (secondary N) is 1. The van der Waals surface area contributed by atoms with Crippen molar-refractivity contribution in [2.75, 3.05) is 19.7 Å². The molecule has 0 radical (unpaired) electrons. The van der Waals surface area contributed by atoms with Gasteiger partial charge in [0.2, 0.25) is 0 Å². The highest BCUT2D eigenvalue weighted by Crippen LogP contribution is 2.18. The lowest BCUT2D eigenvalue weighted by Crippen LogP contribution is -2.30. The molecule has 1 aliphatic rings. The quantitative estimate of drug-likeness (QED) is 0.903. The fraction of sp³-hybridized carbons (Fsp3) is 0.600. The average Bonchev–Trinajstić information content (AvgIpc) is 2.35. The van der Waals surface area contributed by atoms with E-state index in [4.69, 9.17) is 4.74 Å². The van der Waals surface area contributed by atoms with Crippen LogP contribution in [0.5, 0.6) is 5.75 Å². The van der Waals surface area contributed by atoms with Gasteiger partial charge in [-0.05, 0) is 75.4 Å². The first-order chi connectivity index (χ1) is 8.25. The molecule has 1 saturated heterocycles. The first-order valence-corrected chi connectivity index (χ1v) is 6.66. The summed E-state index contributed by atoms with van der Waals surface area (Å²) in [5, 5.41) is 3.44. The van der Waals surface area contributed by atoms with Gasteiger partial charge < -0.3 is 10.1 Å². The van der Waals surface area contributed by atoms with Crippen LogP contribution in [0.4, 0.5) is 0 Å². The minimum atomic E-state index is 0. The Kier molecular flexibility index (Phi) is 6.51. The van der Waals surface area contributed by atoms with Crippen LogP contribution in [0, 0.1) is 19.8 Å². The van der Waals surface area contributed by atoms with Crippen molar-refractivity contribution in [3.05, 3.63) is 29.3 Å².